The molecule has 18 heavy (non-hydrogen) atoms. The number of rotatable bonds is 2. The van der Waals surface area contributed by atoms with E-state index in [0.717, 1.165) is 5.56 Å². The van der Waals surface area contributed by atoms with Gasteiger partial charge in [-0.3, -0.25) is 4.79 Å². The van der Waals surface area contributed by atoms with Crippen molar-refractivity contribution in [2.75, 3.05) is 13.1 Å². The molecule has 3 nitrogen and oxygen atoms in total. The largest absolute Gasteiger partial charge is 0.332 e. The van der Waals surface area contributed by atoms with Gasteiger partial charge in [0.2, 0.25) is 0 Å². The van der Waals surface area contributed by atoms with Gasteiger partial charge >= 0.3 is 0 Å². The van der Waals surface area contributed by atoms with Crippen LogP contribution in [-0.4, -0.2) is 29.8 Å². The fourth-order valence-electron chi connectivity index (χ4n) is 1.88. The number of alkyl halides is 2. The van der Waals surface area contributed by atoms with Crippen molar-refractivity contribution in [3.63, 3.8) is 0 Å². The second-order valence-electron chi connectivity index (χ2n) is 4.23. The van der Waals surface area contributed by atoms with Crippen LogP contribution in [0.1, 0.15) is 22.3 Å². The second kappa shape index (κ2) is 5.63. The minimum absolute atomic E-state index is 0. The molecule has 2 N–H and O–H groups in total. The predicted molar refractivity (Wildman–Crippen MR) is 67.0 cm³/mol. The van der Waals surface area contributed by atoms with Crippen molar-refractivity contribution in [2.45, 2.75) is 18.9 Å². The Morgan fingerprint density at radius 2 is 1.94 bits per heavy atom. The number of hydrogen-bond acceptors (Lipinski definition) is 2. The maximum absolute atomic E-state index is 13.0. The van der Waals surface area contributed by atoms with Gasteiger partial charge in [-0.2, -0.15) is 0 Å². The van der Waals surface area contributed by atoms with E-state index in [2.05, 4.69) is 0 Å². The molecule has 100 valence electrons. The lowest BCUT2D eigenvalue weighted by molar-refractivity contribution is 0.0120. The lowest BCUT2D eigenvalue weighted by atomic mass is 10.1. The highest BCUT2D eigenvalue weighted by Crippen LogP contribution is 2.27. The van der Waals surface area contributed by atoms with Gasteiger partial charge in [0.1, 0.15) is 0 Å². The SMILES string of the molecule is Cl.NCc1ccc(C(=O)N2CCC(F)(F)C2)cc1. The van der Waals surface area contributed by atoms with Crippen LogP contribution in [0.15, 0.2) is 24.3 Å². The Kier molecular flexibility index (Phi) is 4.65. The number of carbonyl (C=O) groups excluding carboxylic acids is 1. The van der Waals surface area contributed by atoms with Crippen molar-refractivity contribution >= 4 is 18.3 Å². The van der Waals surface area contributed by atoms with Gasteiger partial charge < -0.3 is 10.6 Å². The first-order valence-electron chi connectivity index (χ1n) is 5.48. The molecule has 0 atom stereocenters. The summed E-state index contributed by atoms with van der Waals surface area (Å²) in [5.41, 5.74) is 6.78. The van der Waals surface area contributed by atoms with E-state index < -0.39 is 12.5 Å². The summed E-state index contributed by atoms with van der Waals surface area (Å²) >= 11 is 0. The summed E-state index contributed by atoms with van der Waals surface area (Å²) in [4.78, 5) is 13.1. The van der Waals surface area contributed by atoms with Crippen LogP contribution in [0.5, 0.6) is 0 Å². The van der Waals surface area contributed by atoms with Crippen molar-refractivity contribution in [1.29, 1.82) is 0 Å². The average molecular weight is 277 g/mol. The second-order valence-corrected chi connectivity index (χ2v) is 4.23. The van der Waals surface area contributed by atoms with Crippen molar-refractivity contribution in [2.24, 2.45) is 5.73 Å². The quantitative estimate of drug-likeness (QED) is 0.899. The molecule has 2 rings (SSSR count). The monoisotopic (exact) mass is 276 g/mol. The van der Waals surface area contributed by atoms with E-state index in [-0.39, 0.29) is 31.3 Å². The lowest BCUT2D eigenvalue weighted by Gasteiger charge is -2.16. The van der Waals surface area contributed by atoms with E-state index >= 15 is 0 Å². The molecule has 0 bridgehead atoms. The van der Waals surface area contributed by atoms with Crippen LogP contribution < -0.4 is 5.73 Å². The number of likely N-dealkylation sites (tertiary alicyclic amines) is 1. The summed E-state index contributed by atoms with van der Waals surface area (Å²) in [7, 11) is 0. The van der Waals surface area contributed by atoms with Gasteiger partial charge in [0.05, 0.1) is 6.54 Å². The molecular weight excluding hydrogens is 262 g/mol. The van der Waals surface area contributed by atoms with E-state index in [1.54, 1.807) is 24.3 Å². The smallest absolute Gasteiger partial charge is 0.267 e. The minimum Gasteiger partial charge on any atom is -0.332 e. The number of nitrogens with zero attached hydrogens (tertiary/aromatic N) is 1. The molecular formula is C12H15ClF2N2O. The van der Waals surface area contributed by atoms with Crippen LogP contribution in [0.4, 0.5) is 8.78 Å². The Bertz CT molecular complexity index is 423. The topological polar surface area (TPSA) is 46.3 Å². The Hall–Kier alpha value is -1.20. The summed E-state index contributed by atoms with van der Waals surface area (Å²) in [6.45, 7) is 0.0329. The molecule has 1 saturated heterocycles. The maximum atomic E-state index is 13.0. The molecule has 1 aliphatic rings. The molecule has 0 saturated carbocycles. The van der Waals surface area contributed by atoms with E-state index in [1.807, 2.05) is 0 Å². The fraction of sp³-hybridized carbons (Fsp3) is 0.417. The molecule has 1 amide bonds. The molecule has 1 fully saturated rings. The van der Waals surface area contributed by atoms with Crippen LogP contribution in [0.2, 0.25) is 0 Å². The molecule has 1 heterocycles. The zero-order valence-electron chi connectivity index (χ0n) is 9.73. The van der Waals surface area contributed by atoms with Crippen molar-refractivity contribution in [3.05, 3.63) is 35.4 Å². The summed E-state index contributed by atoms with van der Waals surface area (Å²) in [5.74, 6) is -3.09. The number of halogens is 3. The molecule has 0 aliphatic carbocycles. The average Bonchev–Trinajstić information content (AvgIpc) is 2.69. The summed E-state index contributed by atoms with van der Waals surface area (Å²) in [6, 6.07) is 6.73. The Balaban J connectivity index is 0.00000162. The summed E-state index contributed by atoms with van der Waals surface area (Å²) in [6.07, 6.45) is -0.250. The van der Waals surface area contributed by atoms with E-state index in [1.165, 1.54) is 4.90 Å². The van der Waals surface area contributed by atoms with Gasteiger partial charge in [0, 0.05) is 25.1 Å². The number of amides is 1. The fourth-order valence-corrected chi connectivity index (χ4v) is 1.88. The molecule has 0 spiro atoms. The Labute approximate surface area is 110 Å². The van der Waals surface area contributed by atoms with Crippen LogP contribution in [0.3, 0.4) is 0 Å². The predicted octanol–water partition coefficient (Wildman–Crippen LogP) is 2.05. The number of carbonyl (C=O) groups is 1. The van der Waals surface area contributed by atoms with E-state index in [4.69, 9.17) is 5.73 Å². The first-order valence-corrected chi connectivity index (χ1v) is 5.48. The third kappa shape index (κ3) is 3.17. The molecule has 1 aromatic rings. The van der Waals surface area contributed by atoms with Crippen LogP contribution >= 0.6 is 12.4 Å². The van der Waals surface area contributed by atoms with Gasteiger partial charge in [-0.25, -0.2) is 8.78 Å². The first-order chi connectivity index (χ1) is 8.02. The van der Waals surface area contributed by atoms with Gasteiger partial charge in [0.15, 0.2) is 0 Å². The standard InChI is InChI=1S/C12H14F2N2O.ClH/c13-12(14)5-6-16(8-12)11(17)10-3-1-9(7-15)2-4-10;/h1-4H,5-8,15H2;1H. The van der Waals surface area contributed by atoms with Gasteiger partial charge in [-0.1, -0.05) is 12.1 Å². The Morgan fingerprint density at radius 1 is 1.33 bits per heavy atom. The van der Waals surface area contributed by atoms with Gasteiger partial charge in [-0.15, -0.1) is 12.4 Å². The van der Waals surface area contributed by atoms with Gasteiger partial charge in [0.25, 0.3) is 11.8 Å². The maximum Gasteiger partial charge on any atom is 0.267 e. The molecule has 0 radical (unpaired) electrons. The minimum atomic E-state index is -2.74. The third-order valence-electron chi connectivity index (χ3n) is 2.89. The van der Waals surface area contributed by atoms with Gasteiger partial charge in [-0.05, 0) is 17.7 Å². The Morgan fingerprint density at radius 3 is 2.39 bits per heavy atom. The number of benzene rings is 1. The zero-order valence-corrected chi connectivity index (χ0v) is 10.6. The summed E-state index contributed by atoms with van der Waals surface area (Å²) in [5, 5.41) is 0. The normalized spacial score (nSPS) is 17.4. The third-order valence-corrected chi connectivity index (χ3v) is 2.89. The van der Waals surface area contributed by atoms with Crippen LogP contribution in [-0.2, 0) is 6.54 Å². The first kappa shape index (κ1) is 14.9. The van der Waals surface area contributed by atoms with E-state index in [0.29, 0.717) is 12.1 Å². The molecule has 0 unspecified atom stereocenters. The van der Waals surface area contributed by atoms with Crippen molar-refractivity contribution in [1.82, 2.24) is 4.90 Å². The van der Waals surface area contributed by atoms with Crippen molar-refractivity contribution in [3.8, 4) is 0 Å². The number of hydrogen-bond donors (Lipinski definition) is 1. The molecule has 1 aliphatic heterocycles. The highest BCUT2D eigenvalue weighted by Gasteiger charge is 2.40. The molecule has 0 aromatic heterocycles. The molecule has 1 aromatic carbocycles. The zero-order chi connectivity index (χ0) is 12.5. The highest BCUT2D eigenvalue weighted by molar-refractivity contribution is 5.94. The lowest BCUT2D eigenvalue weighted by Crippen LogP contribution is -2.31. The highest BCUT2D eigenvalue weighted by atomic mass is 35.5. The van der Waals surface area contributed by atoms with Crippen LogP contribution in [0, 0.1) is 0 Å². The van der Waals surface area contributed by atoms with Crippen molar-refractivity contribution < 1.29 is 13.6 Å². The van der Waals surface area contributed by atoms with E-state index in [9.17, 15) is 13.6 Å². The van der Waals surface area contributed by atoms with Crippen LogP contribution in [0.25, 0.3) is 0 Å². The summed E-state index contributed by atoms with van der Waals surface area (Å²) < 4.78 is 26.0. The number of nitrogens with two attached hydrogens (primary N) is 1. The molecule has 6 heteroatoms.